The molecule has 0 bridgehead atoms. The molecule has 1 N–H and O–H groups in total. The lowest BCUT2D eigenvalue weighted by molar-refractivity contribution is -0.129. The second kappa shape index (κ2) is 8.94. The number of hydrogen-bond donors (Lipinski definition) is 1. The molecule has 0 atom stereocenters. The number of thiophene rings is 1. The van der Waals surface area contributed by atoms with E-state index in [1.54, 1.807) is 30.0 Å². The topological polar surface area (TPSA) is 96.4 Å². The Morgan fingerprint density at radius 3 is 2.53 bits per heavy atom. The minimum Gasteiger partial charge on any atom is -0.337 e. The van der Waals surface area contributed by atoms with Gasteiger partial charge in [0.05, 0.1) is 21.7 Å². The molecular weight excluding hydrogens is 490 g/mol. The molecule has 34 heavy (non-hydrogen) atoms. The van der Waals surface area contributed by atoms with Gasteiger partial charge in [0.15, 0.2) is 9.84 Å². The number of carbonyl (C=O) groups is 2. The molecule has 1 aliphatic rings. The van der Waals surface area contributed by atoms with E-state index in [0.29, 0.717) is 24.5 Å². The molecule has 0 radical (unpaired) electrons. The van der Waals surface area contributed by atoms with Gasteiger partial charge >= 0.3 is 0 Å². The number of benzene rings is 2. The fraction of sp³-hybridized carbons (Fsp3) is 0.208. The first-order valence-electron chi connectivity index (χ1n) is 10.7. The second-order valence-corrected chi connectivity index (χ2v) is 12.1. The van der Waals surface area contributed by atoms with Crippen molar-refractivity contribution in [2.45, 2.75) is 24.8 Å². The molecule has 0 unspecified atom stereocenters. The van der Waals surface area contributed by atoms with Gasteiger partial charge in [-0.25, -0.2) is 13.4 Å². The van der Waals surface area contributed by atoms with Crippen LogP contribution >= 0.6 is 22.7 Å². The lowest BCUT2D eigenvalue weighted by Crippen LogP contribution is -2.33. The van der Waals surface area contributed by atoms with E-state index in [2.05, 4.69) is 5.32 Å². The maximum absolute atomic E-state index is 12.9. The number of fused-ring (bicyclic) bond motifs is 2. The van der Waals surface area contributed by atoms with Crippen molar-refractivity contribution in [3.05, 3.63) is 65.0 Å². The van der Waals surface area contributed by atoms with E-state index < -0.39 is 21.5 Å². The Hall–Kier alpha value is -3.08. The molecule has 7 nitrogen and oxygen atoms in total. The zero-order valence-electron chi connectivity index (χ0n) is 18.3. The molecule has 0 saturated heterocycles. The van der Waals surface area contributed by atoms with Crippen LogP contribution in [0.1, 0.15) is 17.4 Å². The molecule has 2 amide bonds. The van der Waals surface area contributed by atoms with Gasteiger partial charge in [0.25, 0.3) is 0 Å². The third-order valence-corrected chi connectivity index (χ3v) is 9.51. The largest absolute Gasteiger partial charge is 0.337 e. The highest BCUT2D eigenvalue weighted by atomic mass is 32.2. The number of aromatic nitrogens is 1. The van der Waals surface area contributed by atoms with Crippen molar-refractivity contribution in [1.82, 2.24) is 9.88 Å². The van der Waals surface area contributed by atoms with E-state index in [-0.39, 0.29) is 10.8 Å². The van der Waals surface area contributed by atoms with Gasteiger partial charge < -0.3 is 10.2 Å². The van der Waals surface area contributed by atoms with E-state index in [0.717, 1.165) is 31.2 Å². The summed E-state index contributed by atoms with van der Waals surface area (Å²) in [6.07, 6.45) is 0.648. The number of amides is 2. The van der Waals surface area contributed by atoms with Gasteiger partial charge in [0, 0.05) is 23.9 Å². The zero-order valence-corrected chi connectivity index (χ0v) is 20.7. The molecule has 174 valence electrons. The predicted molar refractivity (Wildman–Crippen MR) is 135 cm³/mol. The highest BCUT2D eigenvalue weighted by molar-refractivity contribution is 7.92. The first-order chi connectivity index (χ1) is 16.3. The molecule has 0 saturated carbocycles. The summed E-state index contributed by atoms with van der Waals surface area (Å²) in [6, 6.07) is 15.8. The Labute approximate surface area is 205 Å². The first kappa shape index (κ1) is 22.7. The highest BCUT2D eigenvalue weighted by Crippen LogP contribution is 2.45. The van der Waals surface area contributed by atoms with Crippen molar-refractivity contribution >= 4 is 59.5 Å². The summed E-state index contributed by atoms with van der Waals surface area (Å²) in [4.78, 5) is 32.5. The minimum absolute atomic E-state index is 0.000118. The molecule has 4 aromatic rings. The van der Waals surface area contributed by atoms with E-state index in [4.69, 9.17) is 4.98 Å². The number of hydrogen-bond acceptors (Lipinski definition) is 7. The third-order valence-electron chi connectivity index (χ3n) is 5.69. The van der Waals surface area contributed by atoms with Crippen LogP contribution in [0.2, 0.25) is 0 Å². The number of para-hydroxylation sites is 1. The number of sulfone groups is 1. The van der Waals surface area contributed by atoms with E-state index in [1.165, 1.54) is 34.8 Å². The molecule has 0 spiro atoms. The van der Waals surface area contributed by atoms with Crippen molar-refractivity contribution in [3.63, 3.8) is 0 Å². The Morgan fingerprint density at radius 2 is 1.79 bits per heavy atom. The number of thiazole rings is 1. The van der Waals surface area contributed by atoms with Gasteiger partial charge in [0.2, 0.25) is 11.8 Å². The maximum Gasteiger partial charge on any atom is 0.240 e. The van der Waals surface area contributed by atoms with Gasteiger partial charge in [-0.3, -0.25) is 9.59 Å². The molecule has 0 aliphatic carbocycles. The number of carbonyl (C=O) groups excluding carboxylic acids is 2. The normalized spacial score (nSPS) is 13.6. The first-order valence-corrected chi connectivity index (χ1v) is 13.9. The molecule has 1 aliphatic heterocycles. The molecule has 2 aromatic carbocycles. The molecular formula is C24H21N3O4S3. The summed E-state index contributed by atoms with van der Waals surface area (Å²) in [7, 11) is -3.77. The Kier molecular flexibility index (Phi) is 5.97. The average molecular weight is 512 g/mol. The summed E-state index contributed by atoms with van der Waals surface area (Å²) in [6.45, 7) is 2.60. The van der Waals surface area contributed by atoms with Gasteiger partial charge in [-0.15, -0.1) is 22.7 Å². The SMILES string of the molecule is CC(=O)N1CCc2c(sc(NC(=O)CS(=O)(=O)c3ccccc3)c2-c2nc3ccccc3s2)C1. The molecule has 5 rings (SSSR count). The standard InChI is InChI=1S/C24H21N3O4S3/c1-15(28)27-12-11-17-20(13-27)33-24(22(17)23-25-18-9-5-6-10-19(18)32-23)26-21(29)14-34(30,31)16-7-3-2-4-8-16/h2-10H,11-14H2,1H3,(H,26,29). The second-order valence-electron chi connectivity index (χ2n) is 8.01. The van der Waals surface area contributed by atoms with Crippen LogP contribution in [-0.2, 0) is 32.4 Å². The zero-order chi connectivity index (χ0) is 23.9. The van der Waals surface area contributed by atoms with Crippen LogP contribution in [0, 0.1) is 0 Å². The van der Waals surface area contributed by atoms with Crippen LogP contribution in [-0.4, -0.2) is 42.4 Å². The molecule has 3 heterocycles. The van der Waals surface area contributed by atoms with Crippen LogP contribution in [0.4, 0.5) is 5.00 Å². The fourth-order valence-corrected chi connectivity index (χ4v) is 7.56. The van der Waals surface area contributed by atoms with Crippen LogP contribution in [0.5, 0.6) is 0 Å². The monoisotopic (exact) mass is 511 g/mol. The van der Waals surface area contributed by atoms with E-state index in [9.17, 15) is 18.0 Å². The Balaban J connectivity index is 1.51. The molecule has 10 heteroatoms. The van der Waals surface area contributed by atoms with Gasteiger partial charge in [-0.05, 0) is 36.2 Å². The Bertz CT molecular complexity index is 1470. The lowest BCUT2D eigenvalue weighted by Gasteiger charge is -2.26. The van der Waals surface area contributed by atoms with Crippen LogP contribution in [0.15, 0.2) is 59.5 Å². The smallest absolute Gasteiger partial charge is 0.240 e. The van der Waals surface area contributed by atoms with Crippen molar-refractivity contribution in [1.29, 1.82) is 0 Å². The third kappa shape index (κ3) is 4.36. The van der Waals surface area contributed by atoms with Crippen molar-refractivity contribution in [2.75, 3.05) is 17.6 Å². The van der Waals surface area contributed by atoms with Gasteiger partial charge in [-0.1, -0.05) is 30.3 Å². The van der Waals surface area contributed by atoms with Crippen molar-refractivity contribution in [2.24, 2.45) is 0 Å². The number of anilines is 1. The number of rotatable bonds is 5. The van der Waals surface area contributed by atoms with Crippen molar-refractivity contribution in [3.8, 4) is 10.6 Å². The minimum atomic E-state index is -3.77. The fourth-order valence-electron chi connectivity index (χ4n) is 4.01. The Morgan fingerprint density at radius 1 is 1.06 bits per heavy atom. The van der Waals surface area contributed by atoms with Crippen LogP contribution in [0.3, 0.4) is 0 Å². The summed E-state index contributed by atoms with van der Waals surface area (Å²) >= 11 is 2.92. The highest BCUT2D eigenvalue weighted by Gasteiger charge is 2.29. The lowest BCUT2D eigenvalue weighted by atomic mass is 10.0. The van der Waals surface area contributed by atoms with E-state index in [1.807, 2.05) is 24.3 Å². The summed E-state index contributed by atoms with van der Waals surface area (Å²) in [5, 5.41) is 4.19. The number of nitrogens with one attached hydrogen (secondary N) is 1. The predicted octanol–water partition coefficient (Wildman–Crippen LogP) is 4.34. The number of nitrogens with zero attached hydrogens (tertiary/aromatic N) is 2. The summed E-state index contributed by atoms with van der Waals surface area (Å²) in [5.74, 6) is -1.26. The summed E-state index contributed by atoms with van der Waals surface area (Å²) in [5.41, 5.74) is 2.75. The molecule has 2 aromatic heterocycles. The van der Waals surface area contributed by atoms with Crippen molar-refractivity contribution < 1.29 is 18.0 Å². The van der Waals surface area contributed by atoms with Gasteiger partial charge in [-0.2, -0.15) is 0 Å². The maximum atomic E-state index is 12.9. The summed E-state index contributed by atoms with van der Waals surface area (Å²) < 4.78 is 26.4. The quantitative estimate of drug-likeness (QED) is 0.430. The van der Waals surface area contributed by atoms with Crippen LogP contribution in [0.25, 0.3) is 20.8 Å². The molecule has 0 fully saturated rings. The average Bonchev–Trinajstić information content (AvgIpc) is 3.39. The van der Waals surface area contributed by atoms with Gasteiger partial charge in [0.1, 0.15) is 15.8 Å². The van der Waals surface area contributed by atoms with Crippen LogP contribution < -0.4 is 5.32 Å². The van der Waals surface area contributed by atoms with E-state index >= 15 is 0 Å².